The lowest BCUT2D eigenvalue weighted by Gasteiger charge is -2.12. The number of carbonyl (C=O) groups is 1. The van der Waals surface area contributed by atoms with Gasteiger partial charge < -0.3 is 14.8 Å². The van der Waals surface area contributed by atoms with Gasteiger partial charge in [-0.25, -0.2) is 8.78 Å². The number of benzene rings is 2. The van der Waals surface area contributed by atoms with Crippen molar-refractivity contribution in [3.63, 3.8) is 0 Å². The third-order valence-electron chi connectivity index (χ3n) is 2.90. The van der Waals surface area contributed by atoms with Crippen molar-refractivity contribution in [3.05, 3.63) is 52.6 Å². The molecule has 7 heteroatoms. The van der Waals surface area contributed by atoms with Crippen LogP contribution in [-0.4, -0.2) is 20.1 Å². The van der Waals surface area contributed by atoms with Crippen molar-refractivity contribution in [2.75, 3.05) is 19.5 Å². The van der Waals surface area contributed by atoms with Gasteiger partial charge in [-0.15, -0.1) is 0 Å². The number of anilines is 1. The number of nitrogens with one attached hydrogen (secondary N) is 1. The summed E-state index contributed by atoms with van der Waals surface area (Å²) in [5.74, 6) is -1.99. The Bertz CT molecular complexity index is 722. The van der Waals surface area contributed by atoms with Crippen molar-refractivity contribution < 1.29 is 23.0 Å². The molecule has 0 unspecified atom stereocenters. The minimum Gasteiger partial charge on any atom is -0.493 e. The van der Waals surface area contributed by atoms with E-state index in [2.05, 4.69) is 5.32 Å². The molecule has 0 fully saturated rings. The number of amides is 1. The Labute approximate surface area is 130 Å². The molecule has 1 N–H and O–H groups in total. The molecule has 4 nitrogen and oxygen atoms in total. The van der Waals surface area contributed by atoms with Gasteiger partial charge in [-0.05, 0) is 18.2 Å². The van der Waals surface area contributed by atoms with Crippen molar-refractivity contribution >= 4 is 23.2 Å². The molecule has 1 amide bonds. The fraction of sp³-hybridized carbons (Fsp3) is 0.133. The maximum atomic E-state index is 13.2. The first-order valence-electron chi connectivity index (χ1n) is 6.14. The minimum atomic E-state index is -1.11. The molecule has 2 aromatic carbocycles. The molecule has 22 heavy (non-hydrogen) atoms. The van der Waals surface area contributed by atoms with Crippen molar-refractivity contribution in [1.82, 2.24) is 0 Å². The molecule has 116 valence electrons. The highest BCUT2D eigenvalue weighted by Gasteiger charge is 2.14. The van der Waals surface area contributed by atoms with Gasteiger partial charge in [-0.3, -0.25) is 4.79 Å². The maximum absolute atomic E-state index is 13.2. The second kappa shape index (κ2) is 6.62. The van der Waals surface area contributed by atoms with Crippen LogP contribution in [0.5, 0.6) is 11.5 Å². The molecule has 2 rings (SSSR count). The van der Waals surface area contributed by atoms with Crippen LogP contribution < -0.4 is 14.8 Å². The molecule has 0 saturated heterocycles. The maximum Gasteiger partial charge on any atom is 0.255 e. The number of hydrogen-bond donors (Lipinski definition) is 1. The predicted molar refractivity (Wildman–Crippen MR) is 78.9 cm³/mol. The van der Waals surface area contributed by atoms with Crippen LogP contribution in [0.4, 0.5) is 14.5 Å². The van der Waals surface area contributed by atoms with E-state index >= 15 is 0 Å². The van der Waals surface area contributed by atoms with Gasteiger partial charge in [0.1, 0.15) is 0 Å². The molecule has 0 aliphatic carbocycles. The summed E-state index contributed by atoms with van der Waals surface area (Å²) in [6, 6.07) is 5.79. The Morgan fingerprint density at radius 3 is 2.27 bits per heavy atom. The molecule has 0 aromatic heterocycles. The van der Waals surface area contributed by atoms with Gasteiger partial charge in [0.25, 0.3) is 5.91 Å². The Balaban J connectivity index is 2.29. The highest BCUT2D eigenvalue weighted by Crippen LogP contribution is 2.36. The largest absolute Gasteiger partial charge is 0.493 e. The fourth-order valence-electron chi connectivity index (χ4n) is 1.78. The van der Waals surface area contributed by atoms with E-state index in [1.165, 1.54) is 32.4 Å². The van der Waals surface area contributed by atoms with E-state index in [1.54, 1.807) is 0 Å². The Hall–Kier alpha value is -2.34. The molecule has 0 aliphatic heterocycles. The van der Waals surface area contributed by atoms with Gasteiger partial charge >= 0.3 is 0 Å². The van der Waals surface area contributed by atoms with Crippen LogP contribution >= 0.6 is 11.6 Å². The lowest BCUT2D eigenvalue weighted by atomic mass is 10.2. The summed E-state index contributed by atoms with van der Waals surface area (Å²) < 4.78 is 36.2. The van der Waals surface area contributed by atoms with Crippen molar-refractivity contribution in [1.29, 1.82) is 0 Å². The molecule has 0 atom stereocenters. The number of rotatable bonds is 4. The zero-order valence-electron chi connectivity index (χ0n) is 11.7. The van der Waals surface area contributed by atoms with Crippen LogP contribution in [0.1, 0.15) is 10.4 Å². The second-order valence-electron chi connectivity index (χ2n) is 4.27. The van der Waals surface area contributed by atoms with Crippen LogP contribution in [0.3, 0.4) is 0 Å². The first kappa shape index (κ1) is 16.0. The third-order valence-corrected chi connectivity index (χ3v) is 3.22. The van der Waals surface area contributed by atoms with Crippen LogP contribution in [-0.2, 0) is 0 Å². The molecule has 2 aromatic rings. The Morgan fingerprint density at radius 2 is 1.68 bits per heavy atom. The number of hydrogen-bond acceptors (Lipinski definition) is 3. The highest BCUT2D eigenvalue weighted by atomic mass is 35.5. The third kappa shape index (κ3) is 3.28. The Kier molecular flexibility index (Phi) is 4.82. The number of halogens is 3. The summed E-state index contributed by atoms with van der Waals surface area (Å²) in [6.45, 7) is 0. The molecule has 0 spiro atoms. The van der Waals surface area contributed by atoms with Crippen LogP contribution in [0, 0.1) is 11.6 Å². The summed E-state index contributed by atoms with van der Waals surface area (Å²) in [5.41, 5.74) is 0.221. The number of ether oxygens (including phenoxy) is 2. The van der Waals surface area contributed by atoms with E-state index in [1.807, 2.05) is 0 Å². The SMILES string of the molecule is COc1cc(Cl)c(NC(=O)c2ccc(F)c(F)c2)cc1OC. The molecule has 0 bridgehead atoms. The van der Waals surface area contributed by atoms with Gasteiger partial charge in [-0.2, -0.15) is 0 Å². The molecule has 0 heterocycles. The van der Waals surface area contributed by atoms with E-state index < -0.39 is 17.5 Å². The quantitative estimate of drug-likeness (QED) is 0.926. The second-order valence-corrected chi connectivity index (χ2v) is 4.68. The van der Waals surface area contributed by atoms with Gasteiger partial charge in [-0.1, -0.05) is 11.6 Å². The van der Waals surface area contributed by atoms with Crippen LogP contribution in [0.2, 0.25) is 5.02 Å². The average molecular weight is 328 g/mol. The van der Waals surface area contributed by atoms with Crippen molar-refractivity contribution in [3.8, 4) is 11.5 Å². The monoisotopic (exact) mass is 327 g/mol. The summed E-state index contributed by atoms with van der Waals surface area (Å²) in [4.78, 5) is 12.1. The van der Waals surface area contributed by atoms with Gasteiger partial charge in [0.15, 0.2) is 23.1 Å². The van der Waals surface area contributed by atoms with E-state index in [0.29, 0.717) is 11.5 Å². The van der Waals surface area contributed by atoms with Gasteiger partial charge in [0.05, 0.1) is 24.9 Å². The lowest BCUT2D eigenvalue weighted by Crippen LogP contribution is -2.13. The molecule has 0 radical (unpaired) electrons. The number of methoxy groups -OCH3 is 2. The normalized spacial score (nSPS) is 10.2. The Morgan fingerprint density at radius 1 is 1.05 bits per heavy atom. The smallest absolute Gasteiger partial charge is 0.255 e. The first-order valence-corrected chi connectivity index (χ1v) is 6.52. The van der Waals surface area contributed by atoms with Gasteiger partial charge in [0.2, 0.25) is 0 Å². The number of carbonyl (C=O) groups excluding carboxylic acids is 1. The van der Waals surface area contributed by atoms with Crippen LogP contribution in [0.15, 0.2) is 30.3 Å². The average Bonchev–Trinajstić information content (AvgIpc) is 2.51. The summed E-state index contributed by atoms with van der Waals surface area (Å²) in [6.07, 6.45) is 0. The summed E-state index contributed by atoms with van der Waals surface area (Å²) >= 11 is 6.04. The zero-order valence-corrected chi connectivity index (χ0v) is 12.5. The van der Waals surface area contributed by atoms with E-state index in [4.69, 9.17) is 21.1 Å². The van der Waals surface area contributed by atoms with E-state index in [9.17, 15) is 13.6 Å². The molecule has 0 saturated carbocycles. The topological polar surface area (TPSA) is 47.6 Å². The van der Waals surface area contributed by atoms with E-state index in [-0.39, 0.29) is 16.3 Å². The zero-order chi connectivity index (χ0) is 16.3. The van der Waals surface area contributed by atoms with Gasteiger partial charge in [0, 0.05) is 17.7 Å². The minimum absolute atomic E-state index is 0.0373. The first-order chi connectivity index (χ1) is 10.5. The fourth-order valence-corrected chi connectivity index (χ4v) is 1.98. The van der Waals surface area contributed by atoms with Crippen molar-refractivity contribution in [2.45, 2.75) is 0 Å². The summed E-state index contributed by atoms with van der Waals surface area (Å²) in [7, 11) is 2.89. The van der Waals surface area contributed by atoms with E-state index in [0.717, 1.165) is 12.1 Å². The molecule has 0 aliphatic rings. The predicted octanol–water partition coefficient (Wildman–Crippen LogP) is 3.89. The molecular weight excluding hydrogens is 316 g/mol. The molecular formula is C15H12ClF2NO3. The standard InChI is InChI=1S/C15H12ClF2NO3/c1-21-13-6-9(16)12(7-14(13)22-2)19-15(20)8-3-4-10(17)11(18)5-8/h3-7H,1-2H3,(H,19,20). The highest BCUT2D eigenvalue weighted by molar-refractivity contribution is 6.34. The van der Waals surface area contributed by atoms with Crippen LogP contribution in [0.25, 0.3) is 0 Å². The summed E-state index contributed by atoms with van der Waals surface area (Å²) in [5, 5.41) is 2.72. The lowest BCUT2D eigenvalue weighted by molar-refractivity contribution is 0.102. The van der Waals surface area contributed by atoms with Crippen molar-refractivity contribution in [2.24, 2.45) is 0 Å².